The number of benzene rings is 2. The quantitative estimate of drug-likeness (QED) is 0.0964. The highest BCUT2D eigenvalue weighted by Crippen LogP contribution is 2.44. The molecule has 292 valence electrons. The summed E-state index contributed by atoms with van der Waals surface area (Å²) in [6.07, 6.45) is -15.5. The van der Waals surface area contributed by atoms with Gasteiger partial charge in [0, 0.05) is 5.92 Å². The van der Waals surface area contributed by atoms with Crippen LogP contribution in [0.3, 0.4) is 0 Å². The summed E-state index contributed by atoms with van der Waals surface area (Å²) in [7, 11) is 5.58. The van der Waals surface area contributed by atoms with Gasteiger partial charge in [-0.2, -0.15) is 0 Å². The molecule has 0 aliphatic carbocycles. The maximum absolute atomic E-state index is 10.9. The van der Waals surface area contributed by atoms with E-state index in [4.69, 9.17) is 42.6 Å². The van der Waals surface area contributed by atoms with Crippen LogP contribution in [0.1, 0.15) is 11.1 Å². The third kappa shape index (κ3) is 8.13. The number of ether oxygens (including phenoxy) is 9. The maximum Gasteiger partial charge on any atom is 0.229 e. The highest BCUT2D eigenvalue weighted by Gasteiger charge is 2.47. The topological polar surface area (TPSA) is 265 Å². The van der Waals surface area contributed by atoms with Crippen LogP contribution in [0.25, 0.3) is 0 Å². The van der Waals surface area contributed by atoms with E-state index in [1.54, 1.807) is 24.3 Å². The Labute approximate surface area is 299 Å². The minimum Gasteiger partial charge on any atom is -0.493 e. The van der Waals surface area contributed by atoms with Gasteiger partial charge >= 0.3 is 0 Å². The summed E-state index contributed by atoms with van der Waals surface area (Å²) in [5, 5.41) is 91.7. The minimum absolute atomic E-state index is 0.0306. The van der Waals surface area contributed by atoms with Crippen molar-refractivity contribution in [3.8, 4) is 34.5 Å². The summed E-state index contributed by atoms with van der Waals surface area (Å²) < 4.78 is 50.7. The average molecular weight is 745 g/mol. The molecule has 3 fully saturated rings. The Morgan fingerprint density at radius 1 is 0.558 bits per heavy atom. The molecule has 0 radical (unpaired) electrons. The molecule has 2 aromatic rings. The Morgan fingerprint density at radius 3 is 1.31 bits per heavy atom. The Hall–Kier alpha value is -3.24. The van der Waals surface area contributed by atoms with Crippen LogP contribution >= 0.6 is 0 Å². The van der Waals surface area contributed by atoms with E-state index < -0.39 is 86.8 Å². The fraction of sp³-hybridized carbons (Fsp3) is 0.647. The Balaban J connectivity index is 1.35. The Kier molecular flexibility index (Phi) is 13.3. The van der Waals surface area contributed by atoms with Crippen LogP contribution in [0, 0.1) is 11.8 Å². The van der Waals surface area contributed by atoms with Crippen LogP contribution in [-0.2, 0) is 27.1 Å². The summed E-state index contributed by atoms with van der Waals surface area (Å²) in [6.45, 7) is -1.05. The first-order chi connectivity index (χ1) is 24.9. The second-order valence-corrected chi connectivity index (χ2v) is 12.8. The fourth-order valence-electron chi connectivity index (χ4n) is 6.65. The van der Waals surface area contributed by atoms with Crippen molar-refractivity contribution in [3.05, 3.63) is 35.4 Å². The molecule has 9 N–H and O–H groups in total. The lowest BCUT2D eigenvalue weighted by Gasteiger charge is -2.39. The van der Waals surface area contributed by atoms with Gasteiger partial charge in [-0.3, -0.25) is 0 Å². The van der Waals surface area contributed by atoms with Crippen LogP contribution in [0.5, 0.6) is 34.5 Å². The summed E-state index contributed by atoms with van der Waals surface area (Å²) in [5.74, 6) is 0.197. The van der Waals surface area contributed by atoms with Crippen molar-refractivity contribution in [2.45, 2.75) is 80.5 Å². The van der Waals surface area contributed by atoms with Crippen LogP contribution in [-0.4, -0.2) is 162 Å². The molecule has 3 aliphatic rings. The largest absolute Gasteiger partial charge is 0.493 e. The second-order valence-electron chi connectivity index (χ2n) is 12.8. The third-order valence-electron chi connectivity index (χ3n) is 9.63. The van der Waals surface area contributed by atoms with Gasteiger partial charge < -0.3 is 88.6 Å². The number of hydrogen-bond acceptors (Lipinski definition) is 18. The van der Waals surface area contributed by atoms with E-state index >= 15 is 0 Å². The first-order valence-electron chi connectivity index (χ1n) is 16.6. The maximum atomic E-state index is 10.9. The van der Waals surface area contributed by atoms with Gasteiger partial charge in [-0.15, -0.1) is 0 Å². The molecule has 0 aromatic heterocycles. The van der Waals surface area contributed by atoms with Gasteiger partial charge in [0.2, 0.25) is 24.1 Å². The van der Waals surface area contributed by atoms with Crippen molar-refractivity contribution in [1.29, 1.82) is 0 Å². The number of methoxy groups -OCH3 is 4. The molecule has 3 heterocycles. The van der Waals surface area contributed by atoms with Crippen molar-refractivity contribution < 1.29 is 88.6 Å². The standard InChI is InChI=1S/C34H48O18/c1-44-18-7-14(8-19(45-2)30(18)51-33-28(41)26(39)24(37)22(11-35)49-33)5-16-13-48-32(43)17(16)6-15-9-20(46-3)31(21(10-15)47-4)52-34-29(42)27(40)25(38)23(12-36)50-34/h7-10,16-17,22-29,32-43H,5-6,11-13H2,1-4H3. The minimum atomic E-state index is -1.66. The molecule has 0 spiro atoms. The number of aliphatic hydroxyl groups is 9. The molecular formula is C34H48O18. The zero-order valence-corrected chi connectivity index (χ0v) is 29.0. The van der Waals surface area contributed by atoms with E-state index in [0.29, 0.717) is 18.4 Å². The SMILES string of the molecule is COc1cc(CC2COC(O)C2Cc2cc(OC)c(OC3OC(CO)C(O)C(O)C3O)c(OC)c2)cc(OC)c1OC1OC(CO)C(O)C(O)C1O. The normalized spacial score (nSPS) is 34.8. The lowest BCUT2D eigenvalue weighted by Crippen LogP contribution is -2.60. The Bertz CT molecular complexity index is 1420. The van der Waals surface area contributed by atoms with Crippen LogP contribution in [0.15, 0.2) is 24.3 Å². The lowest BCUT2D eigenvalue weighted by molar-refractivity contribution is -0.277. The van der Waals surface area contributed by atoms with Gasteiger partial charge in [-0.25, -0.2) is 0 Å². The van der Waals surface area contributed by atoms with E-state index in [0.717, 1.165) is 5.56 Å². The van der Waals surface area contributed by atoms with E-state index in [1.165, 1.54) is 28.4 Å². The van der Waals surface area contributed by atoms with Gasteiger partial charge in [0.15, 0.2) is 29.3 Å². The van der Waals surface area contributed by atoms with Crippen LogP contribution in [0.4, 0.5) is 0 Å². The fourth-order valence-corrected chi connectivity index (χ4v) is 6.65. The summed E-state index contributed by atoms with van der Waals surface area (Å²) in [6, 6.07) is 6.67. The Morgan fingerprint density at radius 2 is 0.942 bits per heavy atom. The summed E-state index contributed by atoms with van der Waals surface area (Å²) in [4.78, 5) is 0. The molecule has 52 heavy (non-hydrogen) atoms. The average Bonchev–Trinajstić information content (AvgIpc) is 3.49. The molecule has 13 unspecified atom stereocenters. The number of aliphatic hydroxyl groups excluding tert-OH is 9. The third-order valence-corrected chi connectivity index (χ3v) is 9.63. The second kappa shape index (κ2) is 17.3. The zero-order valence-electron chi connectivity index (χ0n) is 29.0. The first kappa shape index (κ1) is 40.0. The molecule has 18 heteroatoms. The predicted octanol–water partition coefficient (Wildman–Crippen LogP) is -2.56. The highest BCUT2D eigenvalue weighted by atomic mass is 16.7. The van der Waals surface area contributed by atoms with Crippen LogP contribution in [0.2, 0.25) is 0 Å². The molecule has 2 aromatic carbocycles. The lowest BCUT2D eigenvalue weighted by atomic mass is 9.84. The predicted molar refractivity (Wildman–Crippen MR) is 174 cm³/mol. The molecule has 18 nitrogen and oxygen atoms in total. The molecular weight excluding hydrogens is 696 g/mol. The van der Waals surface area contributed by atoms with Crippen LogP contribution < -0.4 is 28.4 Å². The van der Waals surface area contributed by atoms with Gasteiger partial charge in [-0.05, 0) is 54.2 Å². The van der Waals surface area contributed by atoms with E-state index in [1.807, 2.05) is 0 Å². The molecule has 13 atom stereocenters. The van der Waals surface area contributed by atoms with Gasteiger partial charge in [0.1, 0.15) is 48.8 Å². The summed E-state index contributed by atoms with van der Waals surface area (Å²) >= 11 is 0. The molecule has 5 rings (SSSR count). The highest BCUT2D eigenvalue weighted by molar-refractivity contribution is 5.55. The monoisotopic (exact) mass is 744 g/mol. The van der Waals surface area contributed by atoms with Crippen molar-refractivity contribution in [2.75, 3.05) is 48.3 Å². The molecule has 0 bridgehead atoms. The molecule has 3 saturated heterocycles. The van der Waals surface area contributed by atoms with Gasteiger partial charge in [0.25, 0.3) is 0 Å². The first-order valence-corrected chi connectivity index (χ1v) is 16.6. The van der Waals surface area contributed by atoms with Crippen molar-refractivity contribution in [2.24, 2.45) is 11.8 Å². The van der Waals surface area contributed by atoms with E-state index in [9.17, 15) is 46.0 Å². The van der Waals surface area contributed by atoms with E-state index in [2.05, 4.69) is 0 Å². The van der Waals surface area contributed by atoms with Crippen molar-refractivity contribution in [1.82, 2.24) is 0 Å². The number of hydrogen-bond donors (Lipinski definition) is 9. The molecule has 0 saturated carbocycles. The number of rotatable bonds is 14. The molecule has 0 amide bonds. The van der Waals surface area contributed by atoms with Gasteiger partial charge in [-0.1, -0.05) is 0 Å². The summed E-state index contributed by atoms with van der Waals surface area (Å²) in [5.41, 5.74) is 1.40. The van der Waals surface area contributed by atoms with Crippen molar-refractivity contribution >= 4 is 0 Å². The smallest absolute Gasteiger partial charge is 0.229 e. The van der Waals surface area contributed by atoms with E-state index in [-0.39, 0.29) is 47.0 Å². The van der Waals surface area contributed by atoms with Gasteiger partial charge in [0.05, 0.1) is 48.3 Å². The van der Waals surface area contributed by atoms with Crippen molar-refractivity contribution in [3.63, 3.8) is 0 Å². The zero-order chi connectivity index (χ0) is 37.9. The molecule has 3 aliphatic heterocycles.